The largest absolute Gasteiger partial charge is 0.342 e. The van der Waals surface area contributed by atoms with Crippen molar-refractivity contribution in [1.82, 2.24) is 10.2 Å². The number of likely N-dealkylation sites (tertiary alicyclic amines) is 1. The second-order valence-corrected chi connectivity index (χ2v) is 5.03. The van der Waals surface area contributed by atoms with Crippen molar-refractivity contribution >= 4 is 5.91 Å². The molecule has 88 valence electrons. The fourth-order valence-corrected chi connectivity index (χ4v) is 1.96. The molecule has 1 fully saturated rings. The maximum atomic E-state index is 11.7. The Kier molecular flexibility index (Phi) is 4.58. The first kappa shape index (κ1) is 12.5. The second-order valence-electron chi connectivity index (χ2n) is 5.03. The van der Waals surface area contributed by atoms with Gasteiger partial charge in [-0.25, -0.2) is 0 Å². The van der Waals surface area contributed by atoms with Crippen LogP contribution in [0.2, 0.25) is 0 Å². The summed E-state index contributed by atoms with van der Waals surface area (Å²) in [6, 6.07) is 0.496. The molecule has 0 aliphatic carbocycles. The number of carbonyl (C=O) groups excluding carboxylic acids is 1. The molecule has 3 nitrogen and oxygen atoms in total. The number of carbonyl (C=O) groups is 1. The lowest BCUT2D eigenvalue weighted by Gasteiger charge is -2.20. The molecule has 1 aliphatic heterocycles. The van der Waals surface area contributed by atoms with Gasteiger partial charge in [-0.15, -0.1) is 0 Å². The van der Waals surface area contributed by atoms with Crippen molar-refractivity contribution in [1.29, 1.82) is 0 Å². The number of amides is 1. The van der Waals surface area contributed by atoms with E-state index in [1.54, 1.807) is 0 Å². The zero-order valence-corrected chi connectivity index (χ0v) is 10.4. The van der Waals surface area contributed by atoms with Crippen LogP contribution in [0.5, 0.6) is 0 Å². The zero-order valence-electron chi connectivity index (χ0n) is 10.4. The van der Waals surface area contributed by atoms with Crippen LogP contribution in [-0.4, -0.2) is 37.0 Å². The van der Waals surface area contributed by atoms with Gasteiger partial charge in [0.1, 0.15) is 0 Å². The normalized spacial score (nSPS) is 23.9. The predicted molar refractivity (Wildman–Crippen MR) is 62.7 cm³/mol. The van der Waals surface area contributed by atoms with E-state index in [9.17, 15) is 4.79 Å². The standard InChI is InChI=1S/C12H24N2O/c1-9(2)11-7-12(15)14(8-11)6-5-10(3)13-4/h9-11,13H,5-8H2,1-4H3. The molecule has 1 heterocycles. The molecule has 2 atom stereocenters. The number of hydrogen-bond acceptors (Lipinski definition) is 2. The van der Waals surface area contributed by atoms with Gasteiger partial charge in [0.05, 0.1) is 0 Å². The third-order valence-corrected chi connectivity index (χ3v) is 3.51. The summed E-state index contributed by atoms with van der Waals surface area (Å²) in [6.07, 6.45) is 1.80. The van der Waals surface area contributed by atoms with Gasteiger partial charge in [-0.05, 0) is 32.2 Å². The molecule has 1 N–H and O–H groups in total. The Morgan fingerprint density at radius 2 is 2.13 bits per heavy atom. The molecule has 0 aromatic rings. The summed E-state index contributed by atoms with van der Waals surface area (Å²) in [7, 11) is 1.97. The highest BCUT2D eigenvalue weighted by atomic mass is 16.2. The first-order valence-corrected chi connectivity index (χ1v) is 5.99. The highest BCUT2D eigenvalue weighted by molar-refractivity contribution is 5.78. The van der Waals surface area contributed by atoms with E-state index in [0.717, 1.165) is 25.9 Å². The van der Waals surface area contributed by atoms with Crippen LogP contribution in [0.25, 0.3) is 0 Å². The molecule has 1 aliphatic rings. The van der Waals surface area contributed by atoms with Crippen LogP contribution in [-0.2, 0) is 4.79 Å². The van der Waals surface area contributed by atoms with Crippen LogP contribution in [0.15, 0.2) is 0 Å². The van der Waals surface area contributed by atoms with E-state index in [2.05, 4.69) is 26.1 Å². The van der Waals surface area contributed by atoms with Crippen LogP contribution in [0, 0.1) is 11.8 Å². The van der Waals surface area contributed by atoms with Crippen LogP contribution < -0.4 is 5.32 Å². The highest BCUT2D eigenvalue weighted by Crippen LogP contribution is 2.24. The van der Waals surface area contributed by atoms with Gasteiger partial charge in [-0.1, -0.05) is 13.8 Å². The molecule has 0 spiro atoms. The first-order valence-electron chi connectivity index (χ1n) is 5.99. The molecule has 0 aromatic heterocycles. The summed E-state index contributed by atoms with van der Waals surface area (Å²) < 4.78 is 0. The molecule has 2 unspecified atom stereocenters. The molecule has 1 rings (SSSR count). The van der Waals surface area contributed by atoms with Gasteiger partial charge in [-0.2, -0.15) is 0 Å². The summed E-state index contributed by atoms with van der Waals surface area (Å²) in [4.78, 5) is 13.7. The molecule has 0 saturated carbocycles. The van der Waals surface area contributed by atoms with Gasteiger partial charge in [0, 0.05) is 25.6 Å². The summed E-state index contributed by atoms with van der Waals surface area (Å²) in [5, 5.41) is 3.20. The molecule has 1 saturated heterocycles. The van der Waals surface area contributed by atoms with Crippen molar-refractivity contribution in [2.75, 3.05) is 20.1 Å². The lowest BCUT2D eigenvalue weighted by Crippen LogP contribution is -2.32. The summed E-state index contributed by atoms with van der Waals surface area (Å²) in [5.41, 5.74) is 0. The quantitative estimate of drug-likeness (QED) is 0.749. The van der Waals surface area contributed by atoms with Crippen molar-refractivity contribution in [3.63, 3.8) is 0 Å². The van der Waals surface area contributed by atoms with Crippen LogP contribution in [0.3, 0.4) is 0 Å². The van der Waals surface area contributed by atoms with Gasteiger partial charge in [0.15, 0.2) is 0 Å². The summed E-state index contributed by atoms with van der Waals surface area (Å²) in [5.74, 6) is 1.54. The monoisotopic (exact) mass is 212 g/mol. The molecular weight excluding hydrogens is 188 g/mol. The Hall–Kier alpha value is -0.570. The van der Waals surface area contributed by atoms with E-state index in [0.29, 0.717) is 23.8 Å². The number of rotatable bonds is 5. The third kappa shape index (κ3) is 3.49. The lowest BCUT2D eigenvalue weighted by atomic mass is 9.95. The lowest BCUT2D eigenvalue weighted by molar-refractivity contribution is -0.127. The molecule has 0 radical (unpaired) electrons. The number of hydrogen-bond donors (Lipinski definition) is 1. The first-order chi connectivity index (χ1) is 7.04. The van der Waals surface area contributed by atoms with E-state index in [-0.39, 0.29) is 0 Å². The smallest absolute Gasteiger partial charge is 0.222 e. The Morgan fingerprint density at radius 3 is 2.60 bits per heavy atom. The Bertz CT molecular complexity index is 216. The second kappa shape index (κ2) is 5.50. The SMILES string of the molecule is CNC(C)CCN1CC(C(C)C)CC1=O. The molecular formula is C12H24N2O. The van der Waals surface area contributed by atoms with Crippen molar-refractivity contribution in [2.45, 2.75) is 39.7 Å². The minimum absolute atomic E-state index is 0.344. The van der Waals surface area contributed by atoms with Crippen LogP contribution >= 0.6 is 0 Å². The summed E-state index contributed by atoms with van der Waals surface area (Å²) >= 11 is 0. The van der Waals surface area contributed by atoms with Gasteiger partial charge in [0.25, 0.3) is 0 Å². The van der Waals surface area contributed by atoms with Crippen molar-refractivity contribution < 1.29 is 4.79 Å². The zero-order chi connectivity index (χ0) is 11.4. The maximum absolute atomic E-state index is 11.7. The minimum atomic E-state index is 0.344. The molecule has 0 bridgehead atoms. The van der Waals surface area contributed by atoms with E-state index >= 15 is 0 Å². The Balaban J connectivity index is 2.34. The molecule has 0 aromatic carbocycles. The van der Waals surface area contributed by atoms with Crippen molar-refractivity contribution in [3.05, 3.63) is 0 Å². The summed E-state index contributed by atoms with van der Waals surface area (Å²) in [6.45, 7) is 8.44. The average Bonchev–Trinajstić information content (AvgIpc) is 2.56. The van der Waals surface area contributed by atoms with Crippen molar-refractivity contribution in [3.8, 4) is 0 Å². The van der Waals surface area contributed by atoms with Crippen LogP contribution in [0.1, 0.15) is 33.6 Å². The molecule has 3 heteroatoms. The van der Waals surface area contributed by atoms with E-state index in [1.807, 2.05) is 11.9 Å². The average molecular weight is 212 g/mol. The van der Waals surface area contributed by atoms with Gasteiger partial charge in [0.2, 0.25) is 5.91 Å². The van der Waals surface area contributed by atoms with Crippen LogP contribution in [0.4, 0.5) is 0 Å². The van der Waals surface area contributed by atoms with E-state index in [1.165, 1.54) is 0 Å². The Morgan fingerprint density at radius 1 is 1.47 bits per heavy atom. The topological polar surface area (TPSA) is 32.3 Å². The number of nitrogens with zero attached hydrogens (tertiary/aromatic N) is 1. The molecule has 1 amide bonds. The molecule has 15 heavy (non-hydrogen) atoms. The maximum Gasteiger partial charge on any atom is 0.222 e. The van der Waals surface area contributed by atoms with Gasteiger partial charge < -0.3 is 10.2 Å². The Labute approximate surface area is 93.2 Å². The van der Waals surface area contributed by atoms with Gasteiger partial charge in [-0.3, -0.25) is 4.79 Å². The minimum Gasteiger partial charge on any atom is -0.342 e. The van der Waals surface area contributed by atoms with E-state index in [4.69, 9.17) is 0 Å². The highest BCUT2D eigenvalue weighted by Gasteiger charge is 2.30. The van der Waals surface area contributed by atoms with Gasteiger partial charge >= 0.3 is 0 Å². The number of nitrogens with one attached hydrogen (secondary N) is 1. The van der Waals surface area contributed by atoms with E-state index < -0.39 is 0 Å². The third-order valence-electron chi connectivity index (χ3n) is 3.51. The van der Waals surface area contributed by atoms with Crippen molar-refractivity contribution in [2.24, 2.45) is 11.8 Å². The fourth-order valence-electron chi connectivity index (χ4n) is 1.96. The fraction of sp³-hybridized carbons (Fsp3) is 0.917. The predicted octanol–water partition coefficient (Wildman–Crippen LogP) is 1.49.